The van der Waals surface area contributed by atoms with Gasteiger partial charge in [0.2, 0.25) is 0 Å². The predicted molar refractivity (Wildman–Crippen MR) is 64.8 cm³/mol. The van der Waals surface area contributed by atoms with Crippen LogP contribution in [0.5, 0.6) is 5.75 Å². The van der Waals surface area contributed by atoms with E-state index in [9.17, 15) is 0 Å². The van der Waals surface area contributed by atoms with Crippen LogP contribution in [0.2, 0.25) is 0 Å². The van der Waals surface area contributed by atoms with Gasteiger partial charge in [-0.25, -0.2) is 0 Å². The molecule has 0 heterocycles. The summed E-state index contributed by atoms with van der Waals surface area (Å²) in [4.78, 5) is 0. The van der Waals surface area contributed by atoms with Crippen molar-refractivity contribution in [2.75, 3.05) is 5.73 Å². The molecule has 0 aromatic heterocycles. The molecule has 0 aliphatic carbocycles. The van der Waals surface area contributed by atoms with Gasteiger partial charge in [-0.3, -0.25) is 0 Å². The van der Waals surface area contributed by atoms with Gasteiger partial charge in [0, 0.05) is 5.56 Å². The monoisotopic (exact) mass is 209 g/mol. The Bertz CT molecular complexity index is 523. The molecular weight excluding hydrogens is 198 g/mol. The Morgan fingerprint density at radius 3 is 2.31 bits per heavy atom. The summed E-state index contributed by atoms with van der Waals surface area (Å²) in [5.41, 5.74) is 7.21. The fourth-order valence-corrected chi connectivity index (χ4v) is 1.23. The molecule has 78 valence electrons. The largest absolute Gasteiger partial charge is 0.405 e. The van der Waals surface area contributed by atoms with Crippen molar-refractivity contribution < 1.29 is 4.74 Å². The van der Waals surface area contributed by atoms with Crippen molar-refractivity contribution >= 4 is 5.69 Å². The first-order chi connectivity index (χ1) is 7.86. The van der Waals surface area contributed by atoms with Gasteiger partial charge in [0.25, 0.3) is 0 Å². The summed E-state index contributed by atoms with van der Waals surface area (Å²) < 4.78 is 5.25. The van der Waals surface area contributed by atoms with Crippen LogP contribution in [0, 0.1) is 12.0 Å². The van der Waals surface area contributed by atoms with Crippen molar-refractivity contribution in [3.8, 4) is 17.8 Å². The zero-order valence-electron chi connectivity index (χ0n) is 8.68. The number of benzene rings is 2. The van der Waals surface area contributed by atoms with Gasteiger partial charge in [-0.1, -0.05) is 30.3 Å². The summed E-state index contributed by atoms with van der Waals surface area (Å²) in [6, 6.07) is 16.9. The first-order valence-electron chi connectivity index (χ1n) is 4.93. The van der Waals surface area contributed by atoms with Gasteiger partial charge >= 0.3 is 0 Å². The van der Waals surface area contributed by atoms with E-state index in [4.69, 9.17) is 10.5 Å². The average molecular weight is 209 g/mol. The maximum Gasteiger partial charge on any atom is 0.163 e. The second-order valence-corrected chi connectivity index (χ2v) is 3.23. The van der Waals surface area contributed by atoms with Gasteiger partial charge < -0.3 is 10.5 Å². The van der Waals surface area contributed by atoms with Crippen LogP contribution in [-0.2, 0) is 0 Å². The van der Waals surface area contributed by atoms with Gasteiger partial charge in [0.1, 0.15) is 6.11 Å². The van der Waals surface area contributed by atoms with Crippen molar-refractivity contribution in [1.29, 1.82) is 0 Å². The minimum atomic E-state index is 0.588. The van der Waals surface area contributed by atoms with E-state index in [1.807, 2.05) is 42.5 Å². The minimum absolute atomic E-state index is 0.588. The standard InChI is InChI=1S/C14H11NO/c15-13-8-4-5-9-14(13)16-11-10-12-6-2-1-3-7-12/h1-9H,15H2. The molecule has 2 heteroatoms. The lowest BCUT2D eigenvalue weighted by molar-refractivity contribution is 0.522. The molecule has 0 saturated carbocycles. The lowest BCUT2D eigenvalue weighted by Crippen LogP contribution is -1.90. The highest BCUT2D eigenvalue weighted by Gasteiger charge is 1.95. The predicted octanol–water partition coefficient (Wildman–Crippen LogP) is 2.66. The van der Waals surface area contributed by atoms with Crippen molar-refractivity contribution in [3.05, 3.63) is 60.2 Å². The second-order valence-electron chi connectivity index (χ2n) is 3.23. The van der Waals surface area contributed by atoms with Crippen LogP contribution in [-0.4, -0.2) is 0 Å². The number of anilines is 1. The number of nitrogens with two attached hydrogens (primary N) is 1. The SMILES string of the molecule is Nc1ccccc1OC#Cc1ccccc1. The van der Waals surface area contributed by atoms with Gasteiger partial charge in [-0.15, -0.1) is 0 Å². The maximum absolute atomic E-state index is 5.71. The molecule has 2 N–H and O–H groups in total. The Morgan fingerprint density at radius 2 is 1.56 bits per heavy atom. The summed E-state index contributed by atoms with van der Waals surface area (Å²) in [6.45, 7) is 0. The van der Waals surface area contributed by atoms with Crippen LogP contribution in [0.4, 0.5) is 5.69 Å². The van der Waals surface area contributed by atoms with Crippen LogP contribution in [0.3, 0.4) is 0 Å². The Kier molecular flexibility index (Phi) is 3.10. The molecule has 0 bridgehead atoms. The fraction of sp³-hybridized carbons (Fsp3) is 0. The quantitative estimate of drug-likeness (QED) is 0.579. The van der Waals surface area contributed by atoms with E-state index in [1.165, 1.54) is 0 Å². The number of hydrogen-bond acceptors (Lipinski definition) is 2. The molecule has 0 atom stereocenters. The molecule has 0 aliphatic heterocycles. The Morgan fingerprint density at radius 1 is 0.875 bits per heavy atom. The molecule has 2 rings (SSSR count). The van der Waals surface area contributed by atoms with E-state index < -0.39 is 0 Å². The molecular formula is C14H11NO. The van der Waals surface area contributed by atoms with E-state index in [2.05, 4.69) is 12.0 Å². The van der Waals surface area contributed by atoms with E-state index >= 15 is 0 Å². The highest BCUT2D eigenvalue weighted by atomic mass is 16.5. The molecule has 0 aliphatic rings. The van der Waals surface area contributed by atoms with E-state index in [1.54, 1.807) is 12.1 Å². The molecule has 0 radical (unpaired) electrons. The third kappa shape index (κ3) is 2.55. The summed E-state index contributed by atoms with van der Waals surface area (Å²) in [7, 11) is 0. The van der Waals surface area contributed by atoms with E-state index in [-0.39, 0.29) is 0 Å². The Labute approximate surface area is 94.7 Å². The molecule has 2 aromatic carbocycles. The molecule has 0 spiro atoms. The van der Waals surface area contributed by atoms with Crippen LogP contribution in [0.25, 0.3) is 0 Å². The number of ether oxygens (including phenoxy) is 1. The molecule has 16 heavy (non-hydrogen) atoms. The zero-order valence-corrected chi connectivity index (χ0v) is 8.68. The third-order valence-corrected chi connectivity index (χ3v) is 2.05. The maximum atomic E-state index is 5.71. The lowest BCUT2D eigenvalue weighted by Gasteiger charge is -1.99. The Hall–Kier alpha value is -2.40. The average Bonchev–Trinajstić information content (AvgIpc) is 2.33. The molecule has 2 nitrogen and oxygen atoms in total. The van der Waals surface area contributed by atoms with Gasteiger partial charge in [0.15, 0.2) is 5.75 Å². The van der Waals surface area contributed by atoms with Crippen LogP contribution < -0.4 is 10.5 Å². The number of hydrogen-bond donors (Lipinski definition) is 1. The van der Waals surface area contributed by atoms with Crippen LogP contribution >= 0.6 is 0 Å². The number of rotatable bonds is 1. The van der Waals surface area contributed by atoms with E-state index in [0.29, 0.717) is 11.4 Å². The first-order valence-corrected chi connectivity index (χ1v) is 4.93. The van der Waals surface area contributed by atoms with Gasteiger partial charge in [-0.05, 0) is 30.2 Å². The molecule has 0 fully saturated rings. The van der Waals surface area contributed by atoms with Crippen molar-refractivity contribution in [2.45, 2.75) is 0 Å². The fourth-order valence-electron chi connectivity index (χ4n) is 1.23. The van der Waals surface area contributed by atoms with Crippen molar-refractivity contribution in [2.24, 2.45) is 0 Å². The Balaban J connectivity index is 2.09. The minimum Gasteiger partial charge on any atom is -0.405 e. The molecule has 0 unspecified atom stereocenters. The smallest absolute Gasteiger partial charge is 0.163 e. The normalized spacial score (nSPS) is 9.00. The lowest BCUT2D eigenvalue weighted by atomic mass is 10.2. The van der Waals surface area contributed by atoms with Gasteiger partial charge in [0.05, 0.1) is 5.69 Å². The topological polar surface area (TPSA) is 35.2 Å². The summed E-state index contributed by atoms with van der Waals surface area (Å²) in [6.07, 6.45) is 2.63. The number of para-hydroxylation sites is 2. The molecule has 2 aromatic rings. The zero-order chi connectivity index (χ0) is 11.2. The third-order valence-electron chi connectivity index (χ3n) is 2.05. The van der Waals surface area contributed by atoms with Gasteiger partial charge in [-0.2, -0.15) is 0 Å². The van der Waals surface area contributed by atoms with E-state index in [0.717, 1.165) is 5.56 Å². The second kappa shape index (κ2) is 4.90. The first kappa shape index (κ1) is 10.1. The number of nitrogen functional groups attached to an aromatic ring is 1. The summed E-state index contributed by atoms with van der Waals surface area (Å²) >= 11 is 0. The van der Waals surface area contributed by atoms with Crippen molar-refractivity contribution in [3.63, 3.8) is 0 Å². The molecule has 0 saturated heterocycles. The summed E-state index contributed by atoms with van der Waals surface area (Å²) in [5, 5.41) is 0. The highest BCUT2D eigenvalue weighted by Crippen LogP contribution is 2.18. The van der Waals surface area contributed by atoms with Crippen LogP contribution in [0.1, 0.15) is 5.56 Å². The highest BCUT2D eigenvalue weighted by molar-refractivity contribution is 5.52. The summed E-state index contributed by atoms with van der Waals surface area (Å²) in [5.74, 6) is 3.48. The molecule has 0 amide bonds. The van der Waals surface area contributed by atoms with Crippen LogP contribution in [0.15, 0.2) is 54.6 Å². The van der Waals surface area contributed by atoms with Crippen molar-refractivity contribution in [1.82, 2.24) is 0 Å².